The molecule has 1 aliphatic carbocycles. The average molecular weight is 502 g/mol. The molecule has 1 N–H and O–H groups in total. The topological polar surface area (TPSA) is 66.5 Å². The van der Waals surface area contributed by atoms with Gasteiger partial charge in [-0.1, -0.05) is 58.6 Å². The molecule has 0 saturated carbocycles. The monoisotopic (exact) mass is 500 g/mol. The molecule has 0 bridgehead atoms. The molecule has 9 heteroatoms. The summed E-state index contributed by atoms with van der Waals surface area (Å²) in [4.78, 5) is 12.4. The fourth-order valence-corrected chi connectivity index (χ4v) is 4.96. The molecule has 0 heterocycles. The van der Waals surface area contributed by atoms with Gasteiger partial charge in [0, 0.05) is 12.1 Å². The van der Waals surface area contributed by atoms with E-state index in [-0.39, 0.29) is 33.2 Å². The van der Waals surface area contributed by atoms with Crippen molar-refractivity contribution < 1.29 is 13.2 Å². The molecule has 0 radical (unpaired) electrons. The Bertz CT molecular complexity index is 1100. The number of carbonyl (C=O) groups excluding carboxylic acids is 1. The van der Waals surface area contributed by atoms with Crippen LogP contribution in [0.1, 0.15) is 41.6 Å². The standard InChI is InChI=1S/C22H23Cl3N2O3S/c1-31(29,30)27(21-12-19(24)18(23)11-20(21)25)14-16-7-9-17(10-8-16)22(28)26-13-15-5-3-2-4-6-15/h5,7-12H,2-4,6,13-14H2,1H3,(H,26,28). The summed E-state index contributed by atoms with van der Waals surface area (Å²) < 4.78 is 26.0. The van der Waals surface area contributed by atoms with Gasteiger partial charge in [-0.2, -0.15) is 0 Å². The van der Waals surface area contributed by atoms with Crippen molar-refractivity contribution in [3.63, 3.8) is 0 Å². The Hall–Kier alpha value is -1.73. The van der Waals surface area contributed by atoms with Gasteiger partial charge in [0.15, 0.2) is 0 Å². The number of halogens is 3. The van der Waals surface area contributed by atoms with Crippen LogP contribution >= 0.6 is 34.8 Å². The van der Waals surface area contributed by atoms with Gasteiger partial charge in [0.1, 0.15) is 0 Å². The van der Waals surface area contributed by atoms with Crippen LogP contribution in [0.3, 0.4) is 0 Å². The number of carbonyl (C=O) groups is 1. The molecule has 0 aliphatic heterocycles. The molecule has 2 aromatic rings. The van der Waals surface area contributed by atoms with Crippen molar-refractivity contribution in [1.82, 2.24) is 5.32 Å². The Kier molecular flexibility index (Phi) is 7.92. The number of rotatable bonds is 7. The third-order valence-electron chi connectivity index (χ3n) is 5.06. The number of benzene rings is 2. The highest BCUT2D eigenvalue weighted by Gasteiger charge is 2.22. The lowest BCUT2D eigenvalue weighted by Gasteiger charge is -2.24. The Morgan fingerprint density at radius 3 is 2.32 bits per heavy atom. The number of nitrogens with zero attached hydrogens (tertiary/aromatic N) is 1. The molecule has 0 unspecified atom stereocenters. The van der Waals surface area contributed by atoms with Crippen LogP contribution in [0, 0.1) is 0 Å². The van der Waals surface area contributed by atoms with Crippen LogP contribution in [-0.2, 0) is 16.6 Å². The van der Waals surface area contributed by atoms with Crippen molar-refractivity contribution in [2.75, 3.05) is 17.1 Å². The minimum atomic E-state index is -3.65. The molecule has 1 aliphatic rings. The van der Waals surface area contributed by atoms with Gasteiger partial charge in [0.05, 0.1) is 33.6 Å². The zero-order valence-electron chi connectivity index (χ0n) is 17.0. The average Bonchev–Trinajstić information content (AvgIpc) is 2.73. The molecule has 166 valence electrons. The summed E-state index contributed by atoms with van der Waals surface area (Å²) in [5, 5.41) is 3.56. The van der Waals surface area contributed by atoms with Gasteiger partial charge in [-0.05, 0) is 55.5 Å². The molecule has 0 fully saturated rings. The minimum Gasteiger partial charge on any atom is -0.348 e. The van der Waals surface area contributed by atoms with Crippen molar-refractivity contribution in [3.8, 4) is 0 Å². The number of hydrogen-bond acceptors (Lipinski definition) is 3. The first kappa shape index (κ1) is 23.9. The summed E-state index contributed by atoms with van der Waals surface area (Å²) in [5.41, 5.74) is 2.71. The number of hydrogen-bond donors (Lipinski definition) is 1. The first-order chi connectivity index (χ1) is 14.6. The van der Waals surface area contributed by atoms with Crippen LogP contribution in [0.4, 0.5) is 5.69 Å². The van der Waals surface area contributed by atoms with Gasteiger partial charge in [-0.25, -0.2) is 8.42 Å². The number of anilines is 1. The quantitative estimate of drug-likeness (QED) is 0.383. The van der Waals surface area contributed by atoms with Gasteiger partial charge >= 0.3 is 0 Å². The Labute approximate surface area is 198 Å². The molecule has 0 spiro atoms. The largest absolute Gasteiger partial charge is 0.348 e. The van der Waals surface area contributed by atoms with Crippen LogP contribution in [0.15, 0.2) is 48.0 Å². The summed E-state index contributed by atoms with van der Waals surface area (Å²) in [5.74, 6) is -0.162. The summed E-state index contributed by atoms with van der Waals surface area (Å²) in [7, 11) is -3.65. The van der Waals surface area contributed by atoms with Gasteiger partial charge in [0.2, 0.25) is 10.0 Å². The van der Waals surface area contributed by atoms with Gasteiger partial charge in [-0.15, -0.1) is 0 Å². The lowest BCUT2D eigenvalue weighted by Crippen LogP contribution is -2.29. The predicted molar refractivity (Wildman–Crippen MR) is 128 cm³/mol. The number of allylic oxidation sites excluding steroid dienone is 1. The van der Waals surface area contributed by atoms with E-state index in [9.17, 15) is 13.2 Å². The number of nitrogens with one attached hydrogen (secondary N) is 1. The van der Waals surface area contributed by atoms with E-state index in [0.717, 1.165) is 29.8 Å². The van der Waals surface area contributed by atoms with E-state index in [4.69, 9.17) is 34.8 Å². The van der Waals surface area contributed by atoms with Crippen molar-refractivity contribution in [3.05, 3.63) is 74.2 Å². The number of amides is 1. The molecule has 0 saturated heterocycles. The second kappa shape index (κ2) is 10.3. The van der Waals surface area contributed by atoms with Crippen molar-refractivity contribution >= 4 is 56.4 Å². The summed E-state index contributed by atoms with van der Waals surface area (Å²) in [6, 6.07) is 9.63. The molecule has 3 rings (SSSR count). The van der Waals surface area contributed by atoms with E-state index >= 15 is 0 Å². The Balaban J connectivity index is 1.74. The third kappa shape index (κ3) is 6.39. The summed E-state index contributed by atoms with van der Waals surface area (Å²) in [6.07, 6.45) is 7.75. The molecule has 1 amide bonds. The smallest absolute Gasteiger partial charge is 0.251 e. The van der Waals surface area contributed by atoms with Crippen LogP contribution in [0.25, 0.3) is 0 Å². The second-order valence-electron chi connectivity index (χ2n) is 7.48. The van der Waals surface area contributed by atoms with E-state index in [1.807, 2.05) is 0 Å². The van der Waals surface area contributed by atoms with Crippen molar-refractivity contribution in [1.29, 1.82) is 0 Å². The Morgan fingerprint density at radius 1 is 1.03 bits per heavy atom. The Morgan fingerprint density at radius 2 is 1.71 bits per heavy atom. The minimum absolute atomic E-state index is 0.0330. The van der Waals surface area contributed by atoms with Gasteiger partial charge in [0.25, 0.3) is 5.91 Å². The second-order valence-corrected chi connectivity index (χ2v) is 10.6. The zero-order chi connectivity index (χ0) is 22.6. The van der Waals surface area contributed by atoms with Crippen molar-refractivity contribution in [2.24, 2.45) is 0 Å². The first-order valence-corrected chi connectivity index (χ1v) is 12.8. The van der Waals surface area contributed by atoms with Gasteiger partial charge < -0.3 is 5.32 Å². The maximum Gasteiger partial charge on any atom is 0.251 e. The number of sulfonamides is 1. The van der Waals surface area contributed by atoms with E-state index in [1.165, 1.54) is 24.1 Å². The van der Waals surface area contributed by atoms with E-state index < -0.39 is 10.0 Å². The van der Waals surface area contributed by atoms with Crippen LogP contribution in [0.2, 0.25) is 15.1 Å². The molecular formula is C22H23Cl3N2O3S. The molecule has 0 atom stereocenters. The fraction of sp³-hybridized carbons (Fsp3) is 0.318. The van der Waals surface area contributed by atoms with E-state index in [1.54, 1.807) is 24.3 Å². The maximum atomic E-state index is 12.4. The molecule has 31 heavy (non-hydrogen) atoms. The zero-order valence-corrected chi connectivity index (χ0v) is 20.1. The SMILES string of the molecule is CS(=O)(=O)N(Cc1ccc(C(=O)NCC2=CCCCC2)cc1)c1cc(Cl)c(Cl)cc1Cl. The third-order valence-corrected chi connectivity index (χ3v) is 7.21. The normalized spacial score (nSPS) is 14.1. The fourth-order valence-electron chi connectivity index (χ4n) is 3.37. The first-order valence-electron chi connectivity index (χ1n) is 9.82. The molecule has 5 nitrogen and oxygen atoms in total. The maximum absolute atomic E-state index is 12.4. The van der Waals surface area contributed by atoms with Gasteiger partial charge in [-0.3, -0.25) is 9.10 Å². The lowest BCUT2D eigenvalue weighted by molar-refractivity contribution is 0.0956. The lowest BCUT2D eigenvalue weighted by atomic mass is 9.99. The highest BCUT2D eigenvalue weighted by molar-refractivity contribution is 7.92. The highest BCUT2D eigenvalue weighted by atomic mass is 35.5. The molecule has 2 aromatic carbocycles. The van der Waals surface area contributed by atoms with Crippen LogP contribution in [0.5, 0.6) is 0 Å². The van der Waals surface area contributed by atoms with Crippen LogP contribution in [-0.4, -0.2) is 27.1 Å². The van der Waals surface area contributed by atoms with E-state index in [0.29, 0.717) is 17.7 Å². The summed E-state index contributed by atoms with van der Waals surface area (Å²) >= 11 is 18.3. The van der Waals surface area contributed by atoms with Crippen LogP contribution < -0.4 is 9.62 Å². The highest BCUT2D eigenvalue weighted by Crippen LogP contribution is 2.36. The van der Waals surface area contributed by atoms with E-state index in [2.05, 4.69) is 11.4 Å². The summed E-state index contributed by atoms with van der Waals surface area (Å²) in [6.45, 7) is 0.587. The molecule has 0 aromatic heterocycles. The van der Waals surface area contributed by atoms with Crippen molar-refractivity contribution in [2.45, 2.75) is 32.2 Å². The molecular weight excluding hydrogens is 479 g/mol. The predicted octanol–water partition coefficient (Wildman–Crippen LogP) is 5.84.